The van der Waals surface area contributed by atoms with E-state index in [2.05, 4.69) is 28.2 Å². The van der Waals surface area contributed by atoms with Crippen molar-refractivity contribution in [3.8, 4) is 0 Å². The Hall–Kier alpha value is -0.160. The molecule has 0 aliphatic carbocycles. The summed E-state index contributed by atoms with van der Waals surface area (Å²) in [6.45, 7) is 2.80. The van der Waals surface area contributed by atoms with Crippen LogP contribution < -0.4 is 0 Å². The second kappa shape index (κ2) is 8.47. The smallest absolute Gasteiger partial charge is 0.0886 e. The Labute approximate surface area is 131 Å². The lowest BCUT2D eigenvalue weighted by atomic mass is 9.91. The Kier molecular flexibility index (Phi) is 8.40. The topological polar surface area (TPSA) is 60.0 Å². The summed E-state index contributed by atoms with van der Waals surface area (Å²) >= 11 is 0. The van der Waals surface area contributed by atoms with Crippen LogP contribution >= 0.6 is 0 Å². The van der Waals surface area contributed by atoms with Crippen LogP contribution in [0.15, 0.2) is 0 Å². The molecule has 0 amide bonds. The average molecular weight is 303 g/mol. The van der Waals surface area contributed by atoms with Crippen molar-refractivity contribution in [1.82, 2.24) is 0 Å². The first-order chi connectivity index (χ1) is 8.92. The van der Waals surface area contributed by atoms with Crippen molar-refractivity contribution in [3.05, 3.63) is 0 Å². The lowest BCUT2D eigenvalue weighted by Gasteiger charge is -2.43. The molecule has 2 saturated heterocycles. The molecule has 0 aromatic carbocycles. The van der Waals surface area contributed by atoms with Crippen molar-refractivity contribution in [2.24, 2.45) is 0 Å². The van der Waals surface area contributed by atoms with Gasteiger partial charge in [0.25, 0.3) is 0 Å². The van der Waals surface area contributed by atoms with E-state index in [9.17, 15) is 0 Å². The molecule has 2 atom stereocenters. The van der Waals surface area contributed by atoms with Gasteiger partial charge in [0.1, 0.15) is 0 Å². The highest BCUT2D eigenvalue weighted by Crippen LogP contribution is 2.29. The van der Waals surface area contributed by atoms with E-state index in [0.29, 0.717) is 0 Å². The highest BCUT2D eigenvalue weighted by atomic mass is 16.0. The number of likely N-dealkylation sites (tertiary alicyclic amines) is 2. The van der Waals surface area contributed by atoms with Crippen LogP contribution in [0.1, 0.15) is 57.8 Å². The molecule has 2 N–H and O–H groups in total. The van der Waals surface area contributed by atoms with Crippen molar-refractivity contribution in [3.63, 3.8) is 0 Å². The highest BCUT2D eigenvalue weighted by Gasteiger charge is 2.33. The molecular formula is C17H38N2O2. The molecule has 0 saturated carbocycles. The Bertz CT molecular complexity index is 265. The van der Waals surface area contributed by atoms with Gasteiger partial charge in [-0.3, -0.25) is 0 Å². The fraction of sp³-hybridized carbons (Fsp3) is 1.00. The third kappa shape index (κ3) is 5.51. The summed E-state index contributed by atoms with van der Waals surface area (Å²) in [5.41, 5.74) is 0. The second-order valence-electron chi connectivity index (χ2n) is 8.23. The lowest BCUT2D eigenvalue weighted by Crippen LogP contribution is -2.53. The zero-order valence-corrected chi connectivity index (χ0v) is 14.7. The molecule has 0 aromatic rings. The van der Waals surface area contributed by atoms with Gasteiger partial charge in [-0.25, -0.2) is 0 Å². The Morgan fingerprint density at radius 2 is 1.05 bits per heavy atom. The summed E-state index contributed by atoms with van der Waals surface area (Å²) in [6, 6.07) is 1.88. The van der Waals surface area contributed by atoms with Crippen LogP contribution in [0.2, 0.25) is 0 Å². The van der Waals surface area contributed by atoms with Crippen LogP contribution in [0.4, 0.5) is 0 Å². The fourth-order valence-corrected chi connectivity index (χ4v) is 4.44. The molecule has 2 unspecified atom stereocenters. The minimum atomic E-state index is 0. The van der Waals surface area contributed by atoms with E-state index in [-0.39, 0.29) is 11.0 Å². The number of rotatable bonds is 4. The van der Waals surface area contributed by atoms with E-state index in [0.717, 1.165) is 12.1 Å². The van der Waals surface area contributed by atoms with Crippen molar-refractivity contribution >= 4 is 0 Å². The van der Waals surface area contributed by atoms with E-state index < -0.39 is 0 Å². The minimum absolute atomic E-state index is 0. The number of nitrogens with zero attached hydrogens (tertiary/aromatic N) is 2. The second-order valence-corrected chi connectivity index (χ2v) is 8.23. The van der Waals surface area contributed by atoms with Gasteiger partial charge >= 0.3 is 0 Å². The van der Waals surface area contributed by atoms with Crippen molar-refractivity contribution in [1.29, 1.82) is 0 Å². The molecule has 0 radical (unpaired) electrons. The van der Waals surface area contributed by atoms with Gasteiger partial charge in [0.15, 0.2) is 0 Å². The third-order valence-corrected chi connectivity index (χ3v) is 6.10. The Morgan fingerprint density at radius 1 is 0.667 bits per heavy atom. The highest BCUT2D eigenvalue weighted by molar-refractivity contribution is 4.69. The maximum Gasteiger partial charge on any atom is 0.0886 e. The average Bonchev–Trinajstić information content (AvgIpc) is 2.33. The minimum Gasteiger partial charge on any atom is -0.870 e. The molecule has 2 aliphatic heterocycles. The number of hydrogen-bond acceptors (Lipinski definition) is 2. The van der Waals surface area contributed by atoms with Gasteiger partial charge in [0, 0.05) is 0 Å². The van der Waals surface area contributed by atoms with Crippen LogP contribution in [0, 0.1) is 0 Å². The zero-order valence-electron chi connectivity index (χ0n) is 14.7. The molecule has 0 aromatic heterocycles. The fourth-order valence-electron chi connectivity index (χ4n) is 4.44. The van der Waals surface area contributed by atoms with Crippen LogP contribution in [-0.2, 0) is 0 Å². The molecular weight excluding hydrogens is 264 g/mol. The molecule has 2 heterocycles. The monoisotopic (exact) mass is 302 g/mol. The van der Waals surface area contributed by atoms with E-state index >= 15 is 0 Å². The van der Waals surface area contributed by atoms with E-state index in [1.54, 1.807) is 0 Å². The van der Waals surface area contributed by atoms with Crippen LogP contribution in [-0.4, -0.2) is 73.3 Å². The van der Waals surface area contributed by atoms with Crippen molar-refractivity contribution in [2.45, 2.75) is 69.9 Å². The quantitative estimate of drug-likeness (QED) is 0.749. The summed E-state index contributed by atoms with van der Waals surface area (Å²) in [5.74, 6) is 0. The van der Waals surface area contributed by atoms with Crippen molar-refractivity contribution in [2.75, 3.05) is 41.3 Å². The molecule has 128 valence electrons. The van der Waals surface area contributed by atoms with E-state index in [4.69, 9.17) is 0 Å². The first kappa shape index (κ1) is 20.8. The molecule has 4 heteroatoms. The summed E-state index contributed by atoms with van der Waals surface area (Å²) in [5, 5.41) is 0. The molecule has 2 fully saturated rings. The van der Waals surface area contributed by atoms with Crippen molar-refractivity contribution < 1.29 is 19.9 Å². The van der Waals surface area contributed by atoms with E-state index in [1.807, 2.05) is 0 Å². The van der Waals surface area contributed by atoms with Gasteiger partial charge in [-0.1, -0.05) is 0 Å². The summed E-state index contributed by atoms with van der Waals surface area (Å²) in [6.07, 6.45) is 13.1. The van der Waals surface area contributed by atoms with Crippen LogP contribution in [0.3, 0.4) is 0 Å². The number of piperidine rings is 2. The predicted molar refractivity (Wildman–Crippen MR) is 87.0 cm³/mol. The molecule has 2 aliphatic rings. The largest absolute Gasteiger partial charge is 0.870 e. The number of quaternary nitrogens is 2. The van der Waals surface area contributed by atoms with Gasteiger partial charge in [-0.05, 0) is 57.8 Å². The van der Waals surface area contributed by atoms with Gasteiger partial charge in [-0.2, -0.15) is 0 Å². The third-order valence-electron chi connectivity index (χ3n) is 6.10. The standard InChI is InChI=1S/C17H36N2.2H2O/c1-18(2)14-7-5-10-16(18)12-9-13-17-11-6-8-15-19(17,3)4;;/h16-17H,5-15H2,1-4H3;2*1H2/q+2;;/p-2. The lowest BCUT2D eigenvalue weighted by molar-refractivity contribution is -0.922. The summed E-state index contributed by atoms with van der Waals surface area (Å²) in [4.78, 5) is 0. The maximum atomic E-state index is 2.45. The Morgan fingerprint density at radius 3 is 1.38 bits per heavy atom. The summed E-state index contributed by atoms with van der Waals surface area (Å²) in [7, 11) is 9.80. The molecule has 21 heavy (non-hydrogen) atoms. The van der Waals surface area contributed by atoms with Gasteiger partial charge in [-0.15, -0.1) is 0 Å². The predicted octanol–water partition coefficient (Wildman–Crippen LogP) is 3.06. The van der Waals surface area contributed by atoms with Crippen LogP contribution in [0.5, 0.6) is 0 Å². The normalized spacial score (nSPS) is 30.9. The first-order valence-electron chi connectivity index (χ1n) is 8.57. The molecule has 4 nitrogen and oxygen atoms in total. The summed E-state index contributed by atoms with van der Waals surface area (Å²) < 4.78 is 2.56. The van der Waals surface area contributed by atoms with Gasteiger partial charge < -0.3 is 19.9 Å². The zero-order chi connectivity index (χ0) is 13.9. The van der Waals surface area contributed by atoms with E-state index in [1.165, 1.54) is 79.8 Å². The van der Waals surface area contributed by atoms with Gasteiger partial charge in [0.05, 0.1) is 53.4 Å². The van der Waals surface area contributed by atoms with Gasteiger partial charge in [0.2, 0.25) is 0 Å². The number of hydrogen-bond donors (Lipinski definition) is 0. The molecule has 2 rings (SSSR count). The SMILES string of the molecule is C[N+]1(C)CCCCC1CCCC1CCCC[N+]1(C)C.[OH-].[OH-]. The maximum absolute atomic E-state index is 2.45. The Balaban J connectivity index is 0.00000200. The van der Waals surface area contributed by atoms with Crippen LogP contribution in [0.25, 0.3) is 0 Å². The molecule has 0 spiro atoms. The first-order valence-corrected chi connectivity index (χ1v) is 8.57. The molecule has 0 bridgehead atoms.